The van der Waals surface area contributed by atoms with E-state index in [0.29, 0.717) is 29.1 Å². The van der Waals surface area contributed by atoms with Crippen molar-refractivity contribution < 1.29 is 14.3 Å². The monoisotopic (exact) mass is 264 g/mol. The Morgan fingerprint density at radius 3 is 2.63 bits per heavy atom. The van der Waals surface area contributed by atoms with E-state index < -0.39 is 5.97 Å². The van der Waals surface area contributed by atoms with E-state index in [4.69, 9.17) is 0 Å². The molecule has 19 heavy (non-hydrogen) atoms. The number of rotatable bonds is 6. The highest BCUT2D eigenvalue weighted by Crippen LogP contribution is 2.20. The quantitative estimate of drug-likeness (QED) is 0.466. The summed E-state index contributed by atoms with van der Waals surface area (Å²) in [6.45, 7) is 9.45. The van der Waals surface area contributed by atoms with Crippen molar-refractivity contribution in [3.63, 3.8) is 0 Å². The van der Waals surface area contributed by atoms with Gasteiger partial charge in [-0.15, -0.1) is 6.58 Å². The van der Waals surface area contributed by atoms with Crippen molar-refractivity contribution >= 4 is 11.8 Å². The summed E-state index contributed by atoms with van der Waals surface area (Å²) in [5.74, 6) is -0.519. The van der Waals surface area contributed by atoms with E-state index in [1.165, 1.54) is 7.11 Å². The van der Waals surface area contributed by atoms with Gasteiger partial charge in [0.05, 0.1) is 13.2 Å². The number of nitrogens with one attached hydrogen (secondary N) is 2. The van der Waals surface area contributed by atoms with Crippen LogP contribution < -0.4 is 5.32 Å². The zero-order valence-corrected chi connectivity index (χ0v) is 11.8. The van der Waals surface area contributed by atoms with Crippen LogP contribution in [0.2, 0.25) is 0 Å². The molecule has 0 saturated heterocycles. The molecule has 1 atom stereocenters. The average molecular weight is 264 g/mol. The zero-order valence-electron chi connectivity index (χ0n) is 11.8. The number of Topliss-reactive ketones (excluding diaryl/α,β-unsaturated/α-hetero) is 1. The Morgan fingerprint density at radius 1 is 1.47 bits per heavy atom. The number of aromatic amines is 1. The Labute approximate surface area is 113 Å². The maximum Gasteiger partial charge on any atom is 0.354 e. The van der Waals surface area contributed by atoms with Crippen molar-refractivity contribution in [2.24, 2.45) is 0 Å². The maximum absolute atomic E-state index is 12.3. The predicted octanol–water partition coefficient (Wildman–Crippen LogP) is 1.76. The topological polar surface area (TPSA) is 71.2 Å². The Morgan fingerprint density at radius 2 is 2.11 bits per heavy atom. The number of carbonyl (C=O) groups is 2. The van der Waals surface area contributed by atoms with Gasteiger partial charge in [-0.3, -0.25) is 4.79 Å². The van der Waals surface area contributed by atoms with Gasteiger partial charge in [0, 0.05) is 17.8 Å². The van der Waals surface area contributed by atoms with Crippen molar-refractivity contribution in [3.8, 4) is 0 Å². The Balaban J connectivity index is 3.07. The lowest BCUT2D eigenvalue weighted by Gasteiger charge is -2.11. The molecule has 0 bridgehead atoms. The molecule has 1 rings (SSSR count). The van der Waals surface area contributed by atoms with Crippen LogP contribution in [0.1, 0.15) is 39.0 Å². The standard InChI is InChI=1S/C14H20N2O3/c1-6-7-15-10(4)13(17)11-8(2)12(14(18)19-5)16-9(11)3/h6,10,15-16H,1,7H2,2-5H3. The fourth-order valence-electron chi connectivity index (χ4n) is 2.00. The number of aromatic nitrogens is 1. The number of hydrogen-bond donors (Lipinski definition) is 2. The summed E-state index contributed by atoms with van der Waals surface area (Å²) in [5.41, 5.74) is 2.18. The summed E-state index contributed by atoms with van der Waals surface area (Å²) < 4.78 is 4.68. The van der Waals surface area contributed by atoms with Gasteiger partial charge in [0.2, 0.25) is 0 Å². The number of H-pyrrole nitrogens is 1. The minimum Gasteiger partial charge on any atom is -0.464 e. The van der Waals surface area contributed by atoms with Crippen LogP contribution in [0, 0.1) is 13.8 Å². The van der Waals surface area contributed by atoms with E-state index in [1.807, 2.05) is 0 Å². The summed E-state index contributed by atoms with van der Waals surface area (Å²) in [7, 11) is 1.31. The molecule has 1 aromatic rings. The van der Waals surface area contributed by atoms with E-state index >= 15 is 0 Å². The molecule has 0 aromatic carbocycles. The van der Waals surface area contributed by atoms with E-state index in [9.17, 15) is 9.59 Å². The van der Waals surface area contributed by atoms with Crippen LogP contribution in [-0.2, 0) is 4.74 Å². The number of ether oxygens (including phenoxy) is 1. The smallest absolute Gasteiger partial charge is 0.354 e. The van der Waals surface area contributed by atoms with Crippen LogP contribution in [0.15, 0.2) is 12.7 Å². The molecule has 1 unspecified atom stereocenters. The maximum atomic E-state index is 12.3. The first-order chi connectivity index (χ1) is 8.93. The van der Waals surface area contributed by atoms with Crippen molar-refractivity contribution in [1.82, 2.24) is 10.3 Å². The van der Waals surface area contributed by atoms with Gasteiger partial charge in [-0.1, -0.05) is 6.08 Å². The molecule has 0 aliphatic rings. The van der Waals surface area contributed by atoms with Gasteiger partial charge in [0.1, 0.15) is 5.69 Å². The summed E-state index contributed by atoms with van der Waals surface area (Å²) in [6.07, 6.45) is 1.69. The second-order valence-corrected chi connectivity index (χ2v) is 4.40. The van der Waals surface area contributed by atoms with Crippen LogP contribution in [-0.4, -0.2) is 36.4 Å². The Kier molecular flexibility index (Phi) is 5.06. The van der Waals surface area contributed by atoms with Gasteiger partial charge in [-0.05, 0) is 26.3 Å². The lowest BCUT2D eigenvalue weighted by atomic mass is 10.0. The molecular weight excluding hydrogens is 244 g/mol. The summed E-state index contributed by atoms with van der Waals surface area (Å²) in [4.78, 5) is 26.8. The second-order valence-electron chi connectivity index (χ2n) is 4.40. The highest BCUT2D eigenvalue weighted by molar-refractivity contribution is 6.05. The van der Waals surface area contributed by atoms with Crippen LogP contribution in [0.5, 0.6) is 0 Å². The molecule has 0 saturated carbocycles. The molecule has 1 aromatic heterocycles. The number of hydrogen-bond acceptors (Lipinski definition) is 4. The summed E-state index contributed by atoms with van der Waals surface area (Å²) >= 11 is 0. The third-order valence-corrected chi connectivity index (χ3v) is 3.04. The van der Waals surface area contributed by atoms with Crippen LogP contribution in [0.25, 0.3) is 0 Å². The fraction of sp³-hybridized carbons (Fsp3) is 0.429. The molecule has 5 nitrogen and oxygen atoms in total. The van der Waals surface area contributed by atoms with Crippen LogP contribution in [0.3, 0.4) is 0 Å². The first kappa shape index (κ1) is 15.2. The molecule has 0 aliphatic carbocycles. The Bertz CT molecular complexity index is 503. The van der Waals surface area contributed by atoms with Crippen LogP contribution >= 0.6 is 0 Å². The lowest BCUT2D eigenvalue weighted by molar-refractivity contribution is 0.0594. The molecular formula is C14H20N2O3. The largest absolute Gasteiger partial charge is 0.464 e. The van der Waals surface area contributed by atoms with Crippen molar-refractivity contribution in [3.05, 3.63) is 35.2 Å². The second kappa shape index (κ2) is 6.33. The first-order valence-electron chi connectivity index (χ1n) is 6.10. The first-order valence-corrected chi connectivity index (χ1v) is 6.10. The number of carbonyl (C=O) groups excluding carboxylic acids is 2. The molecule has 5 heteroatoms. The predicted molar refractivity (Wildman–Crippen MR) is 73.6 cm³/mol. The Hall–Kier alpha value is -1.88. The van der Waals surface area contributed by atoms with E-state index in [2.05, 4.69) is 21.6 Å². The minimum absolute atomic E-state index is 0.0525. The SMILES string of the molecule is C=CCNC(C)C(=O)c1c(C)[nH]c(C(=O)OC)c1C. The molecule has 0 fully saturated rings. The fourth-order valence-corrected chi connectivity index (χ4v) is 2.00. The summed E-state index contributed by atoms with van der Waals surface area (Å²) in [6, 6.07) is -0.336. The molecule has 0 aliphatic heterocycles. The highest BCUT2D eigenvalue weighted by atomic mass is 16.5. The highest BCUT2D eigenvalue weighted by Gasteiger charge is 2.25. The molecule has 0 spiro atoms. The number of esters is 1. The van der Waals surface area contributed by atoms with Gasteiger partial charge in [0.15, 0.2) is 5.78 Å². The molecule has 0 radical (unpaired) electrons. The van der Waals surface area contributed by atoms with Crippen molar-refractivity contribution in [2.75, 3.05) is 13.7 Å². The van der Waals surface area contributed by atoms with E-state index in [0.717, 1.165) is 0 Å². The number of methoxy groups -OCH3 is 1. The number of aryl methyl sites for hydroxylation is 1. The van der Waals surface area contributed by atoms with E-state index in [1.54, 1.807) is 26.8 Å². The van der Waals surface area contributed by atoms with Gasteiger partial charge in [-0.25, -0.2) is 4.79 Å². The molecule has 1 heterocycles. The molecule has 0 amide bonds. The van der Waals surface area contributed by atoms with Gasteiger partial charge in [-0.2, -0.15) is 0 Å². The molecule has 2 N–H and O–H groups in total. The molecule has 104 valence electrons. The van der Waals surface area contributed by atoms with Crippen molar-refractivity contribution in [1.29, 1.82) is 0 Å². The lowest BCUT2D eigenvalue weighted by Crippen LogP contribution is -2.34. The van der Waals surface area contributed by atoms with Crippen molar-refractivity contribution in [2.45, 2.75) is 26.8 Å². The van der Waals surface area contributed by atoms with Gasteiger partial charge in [0.25, 0.3) is 0 Å². The zero-order chi connectivity index (χ0) is 14.6. The van der Waals surface area contributed by atoms with Gasteiger partial charge < -0.3 is 15.0 Å². The summed E-state index contributed by atoms with van der Waals surface area (Å²) in [5, 5.41) is 3.04. The normalized spacial score (nSPS) is 12.0. The third kappa shape index (κ3) is 3.12. The van der Waals surface area contributed by atoms with Gasteiger partial charge >= 0.3 is 5.97 Å². The van der Waals surface area contributed by atoms with Crippen LogP contribution in [0.4, 0.5) is 0 Å². The number of ketones is 1. The third-order valence-electron chi connectivity index (χ3n) is 3.04. The van der Waals surface area contributed by atoms with E-state index in [-0.39, 0.29) is 11.8 Å². The minimum atomic E-state index is -0.466. The average Bonchev–Trinajstić information content (AvgIpc) is 2.69.